The maximum atomic E-state index is 12.0. The molecule has 1 aromatic rings. The highest BCUT2D eigenvalue weighted by molar-refractivity contribution is 5.93. The third kappa shape index (κ3) is 2.16. The Hall–Kier alpha value is -1.31. The Balaban J connectivity index is 2.50. The predicted octanol–water partition coefficient (Wildman–Crippen LogP) is 3.60. The van der Waals surface area contributed by atoms with Crippen LogP contribution in [0.3, 0.4) is 0 Å². The molecule has 2 heteroatoms. The number of hydrogen-bond donors (Lipinski definition) is 0. The van der Waals surface area contributed by atoms with Gasteiger partial charge in [0.15, 0.2) is 0 Å². The summed E-state index contributed by atoms with van der Waals surface area (Å²) in [6.45, 7) is 10.9. The first kappa shape index (κ1) is 13.1. The Labute approximate surface area is 109 Å². The maximum Gasteiger partial charge on any atom is 0.338 e. The number of ether oxygens (including phenoxy) is 1. The van der Waals surface area contributed by atoms with Crippen molar-refractivity contribution in [1.29, 1.82) is 0 Å². The summed E-state index contributed by atoms with van der Waals surface area (Å²) in [5.41, 5.74) is 6.01. The molecule has 1 aliphatic carbocycles. The average molecular weight is 246 g/mol. The Bertz CT molecular complexity index is 498. The van der Waals surface area contributed by atoms with E-state index in [9.17, 15) is 4.79 Å². The highest BCUT2D eigenvalue weighted by atomic mass is 16.5. The molecule has 0 spiro atoms. The van der Waals surface area contributed by atoms with E-state index in [2.05, 4.69) is 26.8 Å². The van der Waals surface area contributed by atoms with Gasteiger partial charge < -0.3 is 4.74 Å². The van der Waals surface area contributed by atoms with Gasteiger partial charge in [-0.3, -0.25) is 0 Å². The van der Waals surface area contributed by atoms with Gasteiger partial charge in [0.1, 0.15) is 0 Å². The number of fused-ring (bicyclic) bond motifs is 1. The molecule has 0 bridgehead atoms. The summed E-state index contributed by atoms with van der Waals surface area (Å²) < 4.78 is 5.16. The topological polar surface area (TPSA) is 26.3 Å². The molecule has 0 atom stereocenters. The van der Waals surface area contributed by atoms with Crippen molar-refractivity contribution in [3.63, 3.8) is 0 Å². The van der Waals surface area contributed by atoms with Gasteiger partial charge in [-0.15, -0.1) is 0 Å². The summed E-state index contributed by atoms with van der Waals surface area (Å²) in [5, 5.41) is 0. The minimum absolute atomic E-state index is 0.181. The molecule has 0 amide bonds. The second kappa shape index (κ2) is 4.42. The van der Waals surface area contributed by atoms with Crippen molar-refractivity contribution in [2.75, 3.05) is 6.61 Å². The van der Waals surface area contributed by atoms with Gasteiger partial charge in [0.25, 0.3) is 0 Å². The smallest absolute Gasteiger partial charge is 0.338 e. The second-order valence-corrected chi connectivity index (χ2v) is 6.07. The predicted molar refractivity (Wildman–Crippen MR) is 73.1 cm³/mol. The number of rotatable bonds is 2. The van der Waals surface area contributed by atoms with Crippen LogP contribution in [0.15, 0.2) is 6.07 Å². The fourth-order valence-corrected chi connectivity index (χ4v) is 3.09. The van der Waals surface area contributed by atoms with Crippen molar-refractivity contribution in [2.24, 2.45) is 5.41 Å². The Morgan fingerprint density at radius 2 is 2.00 bits per heavy atom. The third-order valence-corrected chi connectivity index (χ3v) is 3.80. The van der Waals surface area contributed by atoms with Crippen molar-refractivity contribution in [2.45, 2.75) is 47.5 Å². The van der Waals surface area contributed by atoms with Crippen LogP contribution in [0.1, 0.15) is 53.4 Å². The zero-order chi connectivity index (χ0) is 13.5. The summed E-state index contributed by atoms with van der Waals surface area (Å²) in [6.07, 6.45) is 2.16. The van der Waals surface area contributed by atoms with Crippen molar-refractivity contribution < 1.29 is 9.53 Å². The van der Waals surface area contributed by atoms with Gasteiger partial charge in [-0.1, -0.05) is 19.9 Å². The minimum Gasteiger partial charge on any atom is -0.462 e. The molecule has 18 heavy (non-hydrogen) atoms. The van der Waals surface area contributed by atoms with Gasteiger partial charge in [-0.2, -0.15) is 0 Å². The van der Waals surface area contributed by atoms with Crippen molar-refractivity contribution in [3.8, 4) is 0 Å². The Morgan fingerprint density at radius 1 is 1.33 bits per heavy atom. The second-order valence-electron chi connectivity index (χ2n) is 6.07. The molecule has 98 valence electrons. The van der Waals surface area contributed by atoms with Gasteiger partial charge in [0.05, 0.1) is 12.2 Å². The monoisotopic (exact) mass is 246 g/mol. The maximum absolute atomic E-state index is 12.0. The summed E-state index contributed by atoms with van der Waals surface area (Å²) >= 11 is 0. The van der Waals surface area contributed by atoms with Gasteiger partial charge in [0.2, 0.25) is 0 Å². The van der Waals surface area contributed by atoms with E-state index in [1.807, 2.05) is 13.8 Å². The fraction of sp³-hybridized carbons (Fsp3) is 0.562. The summed E-state index contributed by atoms with van der Waals surface area (Å²) in [4.78, 5) is 12.0. The van der Waals surface area contributed by atoms with E-state index < -0.39 is 0 Å². The van der Waals surface area contributed by atoms with E-state index in [1.165, 1.54) is 11.1 Å². The molecule has 0 radical (unpaired) electrons. The Kier molecular flexibility index (Phi) is 3.22. The van der Waals surface area contributed by atoms with Crippen LogP contribution < -0.4 is 0 Å². The van der Waals surface area contributed by atoms with Crippen LogP contribution in [0.4, 0.5) is 0 Å². The van der Waals surface area contributed by atoms with Crippen LogP contribution in [-0.4, -0.2) is 12.6 Å². The molecule has 2 rings (SSSR count). The van der Waals surface area contributed by atoms with E-state index in [1.54, 1.807) is 0 Å². The number of carbonyl (C=O) groups excluding carboxylic acids is 1. The third-order valence-electron chi connectivity index (χ3n) is 3.80. The molecule has 0 saturated heterocycles. The first-order valence-electron chi connectivity index (χ1n) is 6.65. The molecule has 2 nitrogen and oxygen atoms in total. The van der Waals surface area contributed by atoms with Gasteiger partial charge in [-0.25, -0.2) is 4.79 Å². The van der Waals surface area contributed by atoms with E-state index in [-0.39, 0.29) is 5.97 Å². The Morgan fingerprint density at radius 3 is 2.61 bits per heavy atom. The van der Waals surface area contributed by atoms with Crippen molar-refractivity contribution >= 4 is 5.97 Å². The van der Waals surface area contributed by atoms with E-state index in [4.69, 9.17) is 4.74 Å². The lowest BCUT2D eigenvalue weighted by molar-refractivity contribution is 0.0524. The van der Waals surface area contributed by atoms with Crippen LogP contribution in [0, 0.1) is 19.3 Å². The highest BCUT2D eigenvalue weighted by Crippen LogP contribution is 2.39. The standard InChI is InChI=1S/C16H22O2/c1-6-18-15(17)14-10(2)7-12-8-16(4,5)9-13(12)11(14)3/h7H,6,8-9H2,1-5H3. The van der Waals surface area contributed by atoms with E-state index >= 15 is 0 Å². The molecular weight excluding hydrogens is 224 g/mol. The van der Waals surface area contributed by atoms with Crippen LogP contribution in [0.5, 0.6) is 0 Å². The fourth-order valence-electron chi connectivity index (χ4n) is 3.09. The molecule has 0 fully saturated rings. The summed E-state index contributed by atoms with van der Waals surface area (Å²) in [6, 6.07) is 2.17. The lowest BCUT2D eigenvalue weighted by atomic mass is 9.90. The van der Waals surface area contributed by atoms with Crippen LogP contribution in [0.25, 0.3) is 0 Å². The van der Waals surface area contributed by atoms with Crippen molar-refractivity contribution in [1.82, 2.24) is 0 Å². The first-order valence-corrected chi connectivity index (χ1v) is 6.65. The molecule has 0 N–H and O–H groups in total. The zero-order valence-corrected chi connectivity index (χ0v) is 12.0. The summed E-state index contributed by atoms with van der Waals surface area (Å²) in [5.74, 6) is -0.181. The minimum atomic E-state index is -0.181. The quantitative estimate of drug-likeness (QED) is 0.745. The van der Waals surface area contributed by atoms with E-state index in [0.717, 1.165) is 29.5 Å². The molecule has 0 heterocycles. The number of esters is 1. The van der Waals surface area contributed by atoms with Crippen LogP contribution >= 0.6 is 0 Å². The van der Waals surface area contributed by atoms with Gasteiger partial charge in [0, 0.05) is 0 Å². The molecule has 1 aliphatic rings. The van der Waals surface area contributed by atoms with Crippen LogP contribution in [-0.2, 0) is 17.6 Å². The van der Waals surface area contributed by atoms with Gasteiger partial charge in [-0.05, 0) is 61.3 Å². The van der Waals surface area contributed by atoms with Crippen LogP contribution in [0.2, 0.25) is 0 Å². The first-order chi connectivity index (χ1) is 8.35. The lowest BCUT2D eigenvalue weighted by Gasteiger charge is -2.15. The van der Waals surface area contributed by atoms with Gasteiger partial charge >= 0.3 is 5.97 Å². The average Bonchev–Trinajstić information content (AvgIpc) is 2.53. The number of benzene rings is 1. The highest BCUT2D eigenvalue weighted by Gasteiger charge is 2.31. The number of aryl methyl sites for hydroxylation is 1. The van der Waals surface area contributed by atoms with Crippen molar-refractivity contribution in [3.05, 3.63) is 33.9 Å². The van der Waals surface area contributed by atoms with E-state index in [0.29, 0.717) is 12.0 Å². The molecular formula is C16H22O2. The number of carbonyl (C=O) groups is 1. The largest absolute Gasteiger partial charge is 0.462 e. The zero-order valence-electron chi connectivity index (χ0n) is 12.0. The lowest BCUT2D eigenvalue weighted by Crippen LogP contribution is -2.11. The normalized spacial score (nSPS) is 16.5. The molecule has 0 aromatic heterocycles. The molecule has 0 saturated carbocycles. The molecule has 0 unspecified atom stereocenters. The molecule has 0 aliphatic heterocycles. The summed E-state index contributed by atoms with van der Waals surface area (Å²) in [7, 11) is 0. The molecule has 1 aromatic carbocycles. The number of hydrogen-bond acceptors (Lipinski definition) is 2. The SMILES string of the molecule is CCOC(=O)c1c(C)cc2c(c1C)CC(C)(C)C2.